The van der Waals surface area contributed by atoms with Crippen LogP contribution >= 0.6 is 0 Å². The first-order chi connectivity index (χ1) is 12.4. The van der Waals surface area contributed by atoms with Gasteiger partial charge in [0.2, 0.25) is 15.9 Å². The number of hydrogen-bond donors (Lipinski definition) is 2. The largest absolute Gasteiger partial charge is 0.497 e. The van der Waals surface area contributed by atoms with Crippen LogP contribution in [-0.2, 0) is 14.8 Å². The lowest BCUT2D eigenvalue weighted by atomic mass is 10.3. The summed E-state index contributed by atoms with van der Waals surface area (Å²) >= 11 is 0. The smallest absolute Gasteiger partial charge is 0.244 e. The maximum absolute atomic E-state index is 12.5. The van der Waals surface area contributed by atoms with Crippen molar-refractivity contribution in [3.63, 3.8) is 0 Å². The number of rotatable bonds is 8. The minimum absolute atomic E-state index is 0.121. The number of carbonyl (C=O) groups is 1. The summed E-state index contributed by atoms with van der Waals surface area (Å²) in [7, 11) is 0.269. The third kappa shape index (κ3) is 4.64. The summed E-state index contributed by atoms with van der Waals surface area (Å²) < 4.78 is 42.5. The Balaban J connectivity index is 2.11. The Labute approximate surface area is 152 Å². The van der Waals surface area contributed by atoms with Crippen molar-refractivity contribution in [2.45, 2.75) is 4.90 Å². The molecule has 2 aromatic rings. The van der Waals surface area contributed by atoms with Crippen LogP contribution in [0.3, 0.4) is 0 Å². The van der Waals surface area contributed by atoms with Crippen LogP contribution in [0, 0.1) is 0 Å². The van der Waals surface area contributed by atoms with Crippen LogP contribution in [0.15, 0.2) is 47.4 Å². The van der Waals surface area contributed by atoms with Gasteiger partial charge >= 0.3 is 0 Å². The fourth-order valence-electron chi connectivity index (χ4n) is 2.17. The van der Waals surface area contributed by atoms with Crippen molar-refractivity contribution in [1.29, 1.82) is 0 Å². The maximum atomic E-state index is 12.5. The molecule has 0 fully saturated rings. The Kier molecular flexibility index (Phi) is 6.42. The highest BCUT2D eigenvalue weighted by Crippen LogP contribution is 2.28. The SMILES string of the molecule is COc1ccc(OC)c(S(=O)(=O)NCC(=O)Nc2ccccc2OC)c1. The van der Waals surface area contributed by atoms with E-state index in [4.69, 9.17) is 14.2 Å². The van der Waals surface area contributed by atoms with Gasteiger partial charge in [-0.1, -0.05) is 12.1 Å². The van der Waals surface area contributed by atoms with Crippen LogP contribution in [0.25, 0.3) is 0 Å². The number of sulfonamides is 1. The minimum Gasteiger partial charge on any atom is -0.497 e. The summed E-state index contributed by atoms with van der Waals surface area (Å²) in [5.74, 6) is 0.422. The number of methoxy groups -OCH3 is 3. The van der Waals surface area contributed by atoms with Gasteiger partial charge < -0.3 is 19.5 Å². The van der Waals surface area contributed by atoms with Gasteiger partial charge in [0.15, 0.2) is 0 Å². The van der Waals surface area contributed by atoms with Gasteiger partial charge in [0.1, 0.15) is 22.1 Å². The van der Waals surface area contributed by atoms with Crippen LogP contribution < -0.4 is 24.2 Å². The van der Waals surface area contributed by atoms with E-state index in [2.05, 4.69) is 10.0 Å². The van der Waals surface area contributed by atoms with Gasteiger partial charge in [-0.15, -0.1) is 0 Å². The van der Waals surface area contributed by atoms with Crippen molar-refractivity contribution >= 4 is 21.6 Å². The van der Waals surface area contributed by atoms with Crippen molar-refractivity contribution in [1.82, 2.24) is 4.72 Å². The topological polar surface area (TPSA) is 103 Å². The number of hydrogen-bond acceptors (Lipinski definition) is 6. The lowest BCUT2D eigenvalue weighted by Crippen LogP contribution is -2.33. The monoisotopic (exact) mass is 380 g/mol. The molecule has 0 saturated heterocycles. The second kappa shape index (κ2) is 8.54. The molecule has 0 aromatic heterocycles. The number of amides is 1. The molecule has 2 N–H and O–H groups in total. The zero-order valence-corrected chi connectivity index (χ0v) is 15.4. The average Bonchev–Trinajstić information content (AvgIpc) is 2.66. The second-order valence-electron chi connectivity index (χ2n) is 5.09. The highest BCUT2D eigenvalue weighted by atomic mass is 32.2. The molecule has 9 heteroatoms. The normalized spacial score (nSPS) is 10.9. The molecule has 0 heterocycles. The Morgan fingerprint density at radius 2 is 1.65 bits per heavy atom. The summed E-state index contributed by atoms with van der Waals surface area (Å²) in [5, 5.41) is 2.59. The molecular weight excluding hydrogens is 360 g/mol. The molecule has 0 aliphatic rings. The molecule has 1 amide bonds. The first kappa shape index (κ1) is 19.5. The molecule has 8 nitrogen and oxygen atoms in total. The highest BCUT2D eigenvalue weighted by Gasteiger charge is 2.21. The quantitative estimate of drug-likeness (QED) is 0.722. The van der Waals surface area contributed by atoms with Gasteiger partial charge in [0.05, 0.1) is 33.6 Å². The second-order valence-corrected chi connectivity index (χ2v) is 6.83. The summed E-state index contributed by atoms with van der Waals surface area (Å²) in [6.07, 6.45) is 0. The van der Waals surface area contributed by atoms with Crippen molar-refractivity contribution in [3.05, 3.63) is 42.5 Å². The Bertz CT molecular complexity index is 883. The average molecular weight is 380 g/mol. The van der Waals surface area contributed by atoms with Crippen LogP contribution in [0.5, 0.6) is 17.2 Å². The number of anilines is 1. The van der Waals surface area contributed by atoms with Crippen LogP contribution in [0.1, 0.15) is 0 Å². The van der Waals surface area contributed by atoms with E-state index in [1.807, 2.05) is 0 Å². The zero-order chi connectivity index (χ0) is 19.2. The third-order valence-electron chi connectivity index (χ3n) is 3.46. The van der Waals surface area contributed by atoms with Crippen molar-refractivity contribution in [3.8, 4) is 17.2 Å². The maximum Gasteiger partial charge on any atom is 0.244 e. The molecular formula is C17H20N2O6S. The molecule has 2 rings (SSSR count). The number of ether oxygens (including phenoxy) is 3. The molecule has 2 aromatic carbocycles. The molecule has 0 saturated carbocycles. The van der Waals surface area contributed by atoms with Gasteiger partial charge in [-0.2, -0.15) is 0 Å². The van der Waals surface area contributed by atoms with E-state index in [0.717, 1.165) is 0 Å². The Morgan fingerprint density at radius 3 is 2.31 bits per heavy atom. The minimum atomic E-state index is -3.99. The summed E-state index contributed by atoms with van der Waals surface area (Å²) in [6.45, 7) is -0.458. The van der Waals surface area contributed by atoms with E-state index in [0.29, 0.717) is 17.2 Å². The molecule has 140 valence electrons. The predicted molar refractivity (Wildman–Crippen MR) is 96.4 cm³/mol. The third-order valence-corrected chi connectivity index (χ3v) is 4.89. The van der Waals surface area contributed by atoms with E-state index in [1.54, 1.807) is 30.3 Å². The molecule has 26 heavy (non-hydrogen) atoms. The van der Waals surface area contributed by atoms with E-state index < -0.39 is 22.5 Å². The number of nitrogens with one attached hydrogen (secondary N) is 2. The lowest BCUT2D eigenvalue weighted by Gasteiger charge is -2.13. The number of para-hydroxylation sites is 2. The van der Waals surface area contributed by atoms with Crippen molar-refractivity contribution < 1.29 is 27.4 Å². The van der Waals surface area contributed by atoms with E-state index >= 15 is 0 Å². The fourth-order valence-corrected chi connectivity index (χ4v) is 3.34. The molecule has 0 aliphatic carbocycles. The summed E-state index contributed by atoms with van der Waals surface area (Å²) in [5.41, 5.74) is 0.443. The van der Waals surface area contributed by atoms with Crippen LogP contribution in [0.2, 0.25) is 0 Å². The van der Waals surface area contributed by atoms with Gasteiger partial charge in [0, 0.05) is 6.07 Å². The summed E-state index contributed by atoms with van der Waals surface area (Å²) in [6, 6.07) is 11.2. The molecule has 0 bridgehead atoms. The molecule has 0 atom stereocenters. The Morgan fingerprint density at radius 1 is 0.962 bits per heavy atom. The van der Waals surface area contributed by atoms with E-state index in [9.17, 15) is 13.2 Å². The molecule has 0 aliphatic heterocycles. The zero-order valence-electron chi connectivity index (χ0n) is 14.6. The molecule has 0 unspecified atom stereocenters. The fraction of sp³-hybridized carbons (Fsp3) is 0.235. The first-order valence-electron chi connectivity index (χ1n) is 7.56. The lowest BCUT2D eigenvalue weighted by molar-refractivity contribution is -0.115. The van der Waals surface area contributed by atoms with Crippen LogP contribution in [0.4, 0.5) is 5.69 Å². The number of benzene rings is 2. The van der Waals surface area contributed by atoms with Gasteiger partial charge in [-0.3, -0.25) is 4.79 Å². The van der Waals surface area contributed by atoms with Gasteiger partial charge in [0.25, 0.3) is 0 Å². The predicted octanol–water partition coefficient (Wildman–Crippen LogP) is 1.63. The first-order valence-corrected chi connectivity index (χ1v) is 9.04. The van der Waals surface area contributed by atoms with Crippen LogP contribution in [-0.4, -0.2) is 42.2 Å². The Hall–Kier alpha value is -2.78. The van der Waals surface area contributed by atoms with Gasteiger partial charge in [-0.25, -0.2) is 13.1 Å². The standard InChI is InChI=1S/C17H20N2O6S/c1-23-12-8-9-15(25-3)16(10-12)26(21,22)18-11-17(20)19-13-6-4-5-7-14(13)24-2/h4-10,18H,11H2,1-3H3,(H,19,20). The molecule has 0 spiro atoms. The molecule has 0 radical (unpaired) electrons. The van der Waals surface area contributed by atoms with Crippen molar-refractivity contribution in [2.24, 2.45) is 0 Å². The number of carbonyl (C=O) groups excluding carboxylic acids is 1. The van der Waals surface area contributed by atoms with E-state index in [1.165, 1.54) is 33.5 Å². The van der Waals surface area contributed by atoms with E-state index in [-0.39, 0.29) is 10.6 Å². The van der Waals surface area contributed by atoms with Gasteiger partial charge in [-0.05, 0) is 24.3 Å². The van der Waals surface area contributed by atoms with Crippen molar-refractivity contribution in [2.75, 3.05) is 33.2 Å². The highest BCUT2D eigenvalue weighted by molar-refractivity contribution is 7.89. The summed E-state index contributed by atoms with van der Waals surface area (Å²) in [4.78, 5) is 12.0.